The first-order valence-electron chi connectivity index (χ1n) is 2.49. The number of rotatable bonds is 2. The fourth-order valence-corrected chi connectivity index (χ4v) is 2.85. The average Bonchev–Trinajstić information content (AvgIpc) is 2.22. The molecule has 2 heteroatoms. The van der Waals surface area contributed by atoms with Crippen molar-refractivity contribution in [1.82, 2.24) is 0 Å². The van der Waals surface area contributed by atoms with Crippen molar-refractivity contribution in [2.24, 2.45) is 0 Å². The summed E-state index contributed by atoms with van der Waals surface area (Å²) in [7, 11) is 0. The molecule has 1 nitrogen and oxygen atoms in total. The Balaban J connectivity index is 2.09. The van der Waals surface area contributed by atoms with Crippen LogP contribution in [0.1, 0.15) is 13.3 Å². The van der Waals surface area contributed by atoms with E-state index in [4.69, 9.17) is 5.41 Å². The van der Waals surface area contributed by atoms with Crippen LogP contribution in [0.2, 0.25) is 0 Å². The fourth-order valence-electron chi connectivity index (χ4n) is 0.468. The topological polar surface area (TPSA) is 23.9 Å². The summed E-state index contributed by atoms with van der Waals surface area (Å²) in [6.07, 6.45) is 1.14. The molecule has 0 heterocycles. The molecule has 1 aliphatic carbocycles. The molecule has 0 spiro atoms. The van der Waals surface area contributed by atoms with Crippen LogP contribution in [-0.2, 0) is 0 Å². The Morgan fingerprint density at radius 2 is 2.57 bits per heavy atom. The number of hydrogen-bond acceptors (Lipinski definition) is 1. The Hall–Kier alpha value is 0.400. The molecule has 0 aromatic carbocycles. The second-order valence-corrected chi connectivity index (χ2v) is 5.53. The molecule has 1 atom stereocenters. The van der Waals surface area contributed by atoms with Gasteiger partial charge in [-0.25, -0.2) is 0 Å². The Morgan fingerprint density at radius 1 is 2.00 bits per heavy atom. The van der Waals surface area contributed by atoms with Gasteiger partial charge in [-0.15, -0.1) is 0 Å². The number of hydrogen-bond donors (Lipinski definition) is 1. The molecule has 7 heavy (non-hydrogen) atoms. The van der Waals surface area contributed by atoms with Crippen molar-refractivity contribution < 1.29 is 21.2 Å². The molecule has 0 amide bonds. The Bertz CT molecular complexity index is 90.1. The molecule has 1 unspecified atom stereocenters. The summed E-state index contributed by atoms with van der Waals surface area (Å²) in [5.74, 6) is 0. The summed E-state index contributed by atoms with van der Waals surface area (Å²) < 4.78 is 2.16. The number of nitrogens with one attached hydrogen (secondary N) is 1. The van der Waals surface area contributed by atoms with Crippen molar-refractivity contribution in [3.8, 4) is 0 Å². The van der Waals surface area contributed by atoms with Gasteiger partial charge < -0.3 is 0 Å². The van der Waals surface area contributed by atoms with Crippen LogP contribution in [0, 0.1) is 5.41 Å². The van der Waals surface area contributed by atoms with Gasteiger partial charge in [-0.3, -0.25) is 0 Å². The van der Waals surface area contributed by atoms with Gasteiger partial charge in [0.2, 0.25) is 0 Å². The average molecular weight is 210 g/mol. The van der Waals surface area contributed by atoms with E-state index in [1.807, 2.05) is 0 Å². The predicted octanol–water partition coefficient (Wildman–Crippen LogP) is -2.11. The zero-order valence-electron chi connectivity index (χ0n) is 4.37. The van der Waals surface area contributed by atoms with Crippen LogP contribution in [-0.4, -0.2) is 14.1 Å². The first-order chi connectivity index (χ1) is 3.34. The second kappa shape index (κ2) is 2.11. The zero-order valence-corrected chi connectivity index (χ0v) is 6.53. The van der Waals surface area contributed by atoms with Crippen LogP contribution >= 0.6 is 0 Å². The van der Waals surface area contributed by atoms with Gasteiger partial charge in [-0.2, -0.15) is 0 Å². The van der Waals surface area contributed by atoms with Gasteiger partial charge in [0.25, 0.3) is 0 Å². The third-order valence-corrected chi connectivity index (χ3v) is 4.09. The van der Waals surface area contributed by atoms with Crippen LogP contribution in [0.3, 0.4) is 0 Å². The van der Waals surface area contributed by atoms with Gasteiger partial charge in [0.1, 0.15) is 0 Å². The predicted molar refractivity (Wildman–Crippen MR) is 26.7 cm³/mol. The van der Waals surface area contributed by atoms with Gasteiger partial charge in [-0.1, -0.05) is 0 Å². The first kappa shape index (κ1) is 5.54. The fraction of sp³-hybridized carbons (Fsp3) is 0.800. The van der Waals surface area contributed by atoms with Gasteiger partial charge in [-0.05, 0) is 0 Å². The van der Waals surface area contributed by atoms with Crippen molar-refractivity contribution in [3.63, 3.8) is 0 Å². The van der Waals surface area contributed by atoms with Gasteiger partial charge >= 0.3 is 54.0 Å². The maximum atomic E-state index is 7.10. The van der Waals surface area contributed by atoms with E-state index in [1.54, 1.807) is 0 Å². The number of alkyl halides is 2. The van der Waals surface area contributed by atoms with E-state index in [0.29, 0.717) is 21.2 Å². The molecular weight excluding hydrogens is 201 g/mol. The van der Waals surface area contributed by atoms with E-state index in [9.17, 15) is 0 Å². The van der Waals surface area contributed by atoms with E-state index >= 15 is 0 Å². The molecule has 0 bridgehead atoms. The number of halogens is 1. The molecule has 1 fully saturated rings. The van der Waals surface area contributed by atoms with Crippen molar-refractivity contribution in [2.75, 3.05) is 4.43 Å². The molecule has 0 aromatic rings. The maximum absolute atomic E-state index is 7.10. The third kappa shape index (κ3) is 1.40. The van der Waals surface area contributed by atoms with Crippen LogP contribution in [0.25, 0.3) is 0 Å². The molecule has 0 aliphatic heterocycles. The molecule has 0 saturated heterocycles. The summed E-state index contributed by atoms with van der Waals surface area (Å²) in [4.78, 5) is 0. The summed E-state index contributed by atoms with van der Waals surface area (Å²) in [5.41, 5.74) is 1.02. The minimum atomic E-state index is 0.415. The monoisotopic (exact) mass is 210 g/mol. The summed E-state index contributed by atoms with van der Waals surface area (Å²) in [5, 5.41) is 7.10. The molecular formula is C5H9IN-. The third-order valence-electron chi connectivity index (χ3n) is 0.958. The normalized spacial score (nSPS) is 28.7. The molecule has 42 valence electrons. The Labute approximate surface area is 54.3 Å². The van der Waals surface area contributed by atoms with Crippen molar-refractivity contribution >= 4 is 5.71 Å². The van der Waals surface area contributed by atoms with Gasteiger partial charge in [0.05, 0.1) is 0 Å². The van der Waals surface area contributed by atoms with E-state index < -0.39 is 0 Å². The Morgan fingerprint density at radius 3 is 2.71 bits per heavy atom. The molecule has 0 aromatic heterocycles. The van der Waals surface area contributed by atoms with E-state index in [2.05, 4.69) is 6.92 Å². The van der Waals surface area contributed by atoms with Crippen molar-refractivity contribution in [2.45, 2.75) is 17.3 Å². The Kier molecular flexibility index (Phi) is 1.67. The standard InChI is InChI=1S/C5H9IN/c1-2-6-4-3-5(4)7/h4,7H,2-3H2,1H3/q-1. The van der Waals surface area contributed by atoms with E-state index in [1.165, 1.54) is 4.43 Å². The molecule has 1 saturated carbocycles. The quantitative estimate of drug-likeness (QED) is 0.398. The second-order valence-electron chi connectivity index (χ2n) is 1.62. The SMILES string of the molecule is CC[I-]C1CC1=N. The molecule has 0 radical (unpaired) electrons. The molecule has 1 N–H and O–H groups in total. The molecule has 1 rings (SSSR count). The van der Waals surface area contributed by atoms with Crippen LogP contribution in [0.5, 0.6) is 0 Å². The van der Waals surface area contributed by atoms with Crippen molar-refractivity contribution in [3.05, 3.63) is 0 Å². The summed E-state index contributed by atoms with van der Waals surface area (Å²) in [6.45, 7) is 2.22. The van der Waals surface area contributed by atoms with Gasteiger partial charge in [0.15, 0.2) is 0 Å². The zero-order chi connectivity index (χ0) is 5.28. The van der Waals surface area contributed by atoms with Crippen LogP contribution in [0.15, 0.2) is 0 Å². The van der Waals surface area contributed by atoms with E-state index in [0.717, 1.165) is 16.1 Å². The van der Waals surface area contributed by atoms with Gasteiger partial charge in [0, 0.05) is 0 Å². The summed E-state index contributed by atoms with van der Waals surface area (Å²) in [6, 6.07) is 0. The summed E-state index contributed by atoms with van der Waals surface area (Å²) >= 11 is 0.415. The first-order valence-corrected chi connectivity index (χ1v) is 5.26. The van der Waals surface area contributed by atoms with Crippen molar-refractivity contribution in [1.29, 1.82) is 5.41 Å². The minimum absolute atomic E-state index is 0.415. The van der Waals surface area contributed by atoms with Crippen LogP contribution in [0.4, 0.5) is 0 Å². The molecule has 1 aliphatic rings. The van der Waals surface area contributed by atoms with E-state index in [-0.39, 0.29) is 0 Å². The van der Waals surface area contributed by atoms with Crippen LogP contribution < -0.4 is 21.2 Å².